The average Bonchev–Trinajstić information content (AvgIpc) is 3.28. The SMILES string of the molecule is C#CC#CC#CC#CC#CC#CC#CC#CC#CC#CC.Cc1ccc2[nH]cnc2c1C. The Labute approximate surface area is 190 Å². The van der Waals surface area contributed by atoms with Crippen molar-refractivity contribution in [3.05, 3.63) is 29.6 Å². The number of terminal acetylenes is 1. The molecule has 0 saturated heterocycles. The summed E-state index contributed by atoms with van der Waals surface area (Å²) in [6.07, 6.45) is 6.63. The van der Waals surface area contributed by atoms with Gasteiger partial charge in [0.25, 0.3) is 0 Å². The summed E-state index contributed by atoms with van der Waals surface area (Å²) in [6.45, 7) is 5.89. The normalized spacial score (nSPS) is 6.19. The lowest BCUT2D eigenvalue weighted by atomic mass is 10.1. The van der Waals surface area contributed by atoms with Crippen LogP contribution in [-0.2, 0) is 0 Å². The lowest BCUT2D eigenvalue weighted by Gasteiger charge is -1.98. The molecule has 0 saturated carbocycles. The zero-order valence-corrected chi connectivity index (χ0v) is 17.8. The molecule has 1 aromatic carbocycles. The van der Waals surface area contributed by atoms with Crippen molar-refractivity contribution in [2.24, 2.45) is 0 Å². The number of aromatic amines is 1. The number of nitrogens with one attached hydrogen (secondary N) is 1. The Balaban J connectivity index is 0.000000382. The molecule has 0 spiro atoms. The van der Waals surface area contributed by atoms with E-state index in [-0.39, 0.29) is 0 Å². The third-order valence-corrected chi connectivity index (χ3v) is 3.31. The molecule has 0 fully saturated rings. The molecule has 1 heterocycles. The first kappa shape index (κ1) is 24.3. The van der Waals surface area contributed by atoms with Crippen molar-refractivity contribution < 1.29 is 0 Å². The number of nitrogens with zero attached hydrogens (tertiary/aromatic N) is 1. The van der Waals surface area contributed by atoms with E-state index >= 15 is 0 Å². The predicted octanol–water partition coefficient (Wildman–Crippen LogP) is 2.85. The number of H-pyrrole nitrogens is 1. The van der Waals surface area contributed by atoms with Gasteiger partial charge in [-0.15, -0.1) is 6.42 Å². The van der Waals surface area contributed by atoms with Crippen LogP contribution in [0.4, 0.5) is 0 Å². The number of imidazole rings is 1. The number of rotatable bonds is 0. The van der Waals surface area contributed by atoms with Crippen molar-refractivity contribution in [1.29, 1.82) is 0 Å². The Hall–Kier alpha value is -5.71. The number of hydrogen-bond acceptors (Lipinski definition) is 1. The van der Waals surface area contributed by atoms with Gasteiger partial charge in [-0.25, -0.2) is 4.98 Å². The molecule has 144 valence electrons. The third-order valence-electron chi connectivity index (χ3n) is 3.31. The van der Waals surface area contributed by atoms with E-state index in [9.17, 15) is 0 Å². The van der Waals surface area contributed by atoms with Crippen molar-refractivity contribution in [3.8, 4) is 119 Å². The summed E-state index contributed by atoms with van der Waals surface area (Å²) in [7, 11) is 0. The molecule has 2 rings (SSSR count). The molecule has 2 aromatic rings. The van der Waals surface area contributed by atoms with E-state index in [1.807, 2.05) is 0 Å². The Morgan fingerprint density at radius 2 is 1.09 bits per heavy atom. The molecule has 0 aliphatic carbocycles. The van der Waals surface area contributed by atoms with Crippen LogP contribution in [0.3, 0.4) is 0 Å². The molecule has 1 aromatic heterocycles. The lowest BCUT2D eigenvalue weighted by molar-refractivity contribution is 1.32. The van der Waals surface area contributed by atoms with Crippen LogP contribution in [0.25, 0.3) is 11.0 Å². The van der Waals surface area contributed by atoms with Gasteiger partial charge in [0.2, 0.25) is 0 Å². The van der Waals surface area contributed by atoms with E-state index in [2.05, 4.69) is 148 Å². The minimum Gasteiger partial charge on any atom is -0.345 e. The minimum absolute atomic E-state index is 1.09. The molecule has 0 bridgehead atoms. The molecular formula is C30H14N2. The first-order valence-corrected chi connectivity index (χ1v) is 8.97. The topological polar surface area (TPSA) is 28.7 Å². The van der Waals surface area contributed by atoms with Gasteiger partial charge < -0.3 is 4.98 Å². The smallest absolute Gasteiger partial charge is 0.0931 e. The summed E-state index contributed by atoms with van der Waals surface area (Å²) >= 11 is 0. The van der Waals surface area contributed by atoms with Crippen molar-refractivity contribution in [2.45, 2.75) is 20.8 Å². The molecule has 0 unspecified atom stereocenters. The fourth-order valence-electron chi connectivity index (χ4n) is 1.82. The summed E-state index contributed by atoms with van der Waals surface area (Å²) < 4.78 is 0. The van der Waals surface area contributed by atoms with Crippen molar-refractivity contribution in [1.82, 2.24) is 9.97 Å². The second kappa shape index (κ2) is 16.3. The maximum absolute atomic E-state index is 4.90. The fraction of sp³-hybridized carbons (Fsp3) is 0.100. The Morgan fingerprint density at radius 3 is 1.53 bits per heavy atom. The number of hydrogen-bond donors (Lipinski definition) is 1. The molecule has 32 heavy (non-hydrogen) atoms. The molecule has 2 heteroatoms. The number of benzene rings is 1. The zero-order chi connectivity index (χ0) is 23.3. The van der Waals surface area contributed by atoms with Crippen LogP contribution in [-0.4, -0.2) is 9.97 Å². The van der Waals surface area contributed by atoms with Crippen molar-refractivity contribution >= 4 is 11.0 Å². The molecular weight excluding hydrogens is 388 g/mol. The van der Waals surface area contributed by atoms with E-state index in [1.165, 1.54) is 11.1 Å². The number of fused-ring (bicyclic) bond motifs is 1. The van der Waals surface area contributed by atoms with Crippen LogP contribution in [0, 0.1) is 133 Å². The van der Waals surface area contributed by atoms with Gasteiger partial charge in [0.15, 0.2) is 0 Å². The van der Waals surface area contributed by atoms with Gasteiger partial charge in [0.05, 0.1) is 17.4 Å². The maximum Gasteiger partial charge on any atom is 0.0931 e. The number of aryl methyl sites for hydroxylation is 2. The van der Waals surface area contributed by atoms with Gasteiger partial charge in [0, 0.05) is 11.8 Å². The highest BCUT2D eigenvalue weighted by molar-refractivity contribution is 5.79. The molecule has 0 aliphatic heterocycles. The van der Waals surface area contributed by atoms with E-state index in [1.54, 1.807) is 13.3 Å². The van der Waals surface area contributed by atoms with E-state index in [0.717, 1.165) is 11.0 Å². The van der Waals surface area contributed by atoms with Crippen LogP contribution in [0.15, 0.2) is 18.5 Å². The molecule has 2 nitrogen and oxygen atoms in total. The van der Waals surface area contributed by atoms with Crippen LogP contribution in [0.2, 0.25) is 0 Å². The average molecular weight is 402 g/mol. The zero-order valence-electron chi connectivity index (χ0n) is 17.8. The van der Waals surface area contributed by atoms with E-state index < -0.39 is 0 Å². The Bertz CT molecular complexity index is 1600. The van der Waals surface area contributed by atoms with Gasteiger partial charge >= 0.3 is 0 Å². The molecule has 0 radical (unpaired) electrons. The van der Waals surface area contributed by atoms with Gasteiger partial charge in [-0.1, -0.05) is 12.0 Å². The highest BCUT2D eigenvalue weighted by atomic mass is 14.9. The standard InChI is InChI=1S/C21H4.C9H10N2/c1-3-5-7-9-11-13-15-17-19-21-20-18-16-14-12-10-8-6-4-2;1-6-3-4-8-9(7(6)2)11-5-10-8/h1H,2H3;3-5H,1-2H3,(H,10,11). The molecule has 0 aliphatic rings. The molecule has 0 amide bonds. The summed E-state index contributed by atoms with van der Waals surface area (Å²) in [5.41, 5.74) is 4.77. The minimum atomic E-state index is 1.09. The maximum atomic E-state index is 4.90. The van der Waals surface area contributed by atoms with Gasteiger partial charge in [0.1, 0.15) is 0 Å². The quantitative estimate of drug-likeness (QED) is 0.675. The first-order chi connectivity index (χ1) is 15.7. The predicted molar refractivity (Wildman–Crippen MR) is 130 cm³/mol. The second-order valence-electron chi connectivity index (χ2n) is 5.33. The van der Waals surface area contributed by atoms with Crippen LogP contribution in [0.5, 0.6) is 0 Å². The van der Waals surface area contributed by atoms with Gasteiger partial charge in [-0.3, -0.25) is 0 Å². The van der Waals surface area contributed by atoms with Gasteiger partial charge in [-0.2, -0.15) is 0 Å². The Morgan fingerprint density at radius 1 is 0.656 bits per heavy atom. The van der Waals surface area contributed by atoms with E-state index in [4.69, 9.17) is 6.42 Å². The highest BCUT2D eigenvalue weighted by Crippen LogP contribution is 2.16. The lowest BCUT2D eigenvalue weighted by Crippen LogP contribution is -1.81. The summed E-state index contributed by atoms with van der Waals surface area (Å²) in [4.78, 5) is 7.30. The number of aromatic nitrogens is 2. The van der Waals surface area contributed by atoms with Crippen LogP contribution >= 0.6 is 0 Å². The van der Waals surface area contributed by atoms with Crippen molar-refractivity contribution in [3.63, 3.8) is 0 Å². The molecule has 1 N–H and O–H groups in total. The van der Waals surface area contributed by atoms with Crippen molar-refractivity contribution in [2.75, 3.05) is 0 Å². The monoisotopic (exact) mass is 402 g/mol. The summed E-state index contributed by atoms with van der Waals surface area (Å²) in [5, 5.41) is 0. The largest absolute Gasteiger partial charge is 0.345 e. The third kappa shape index (κ3) is 10.6. The summed E-state index contributed by atoms with van der Waals surface area (Å²) in [5.74, 6) is 46.9. The highest BCUT2D eigenvalue weighted by Gasteiger charge is 2.00. The van der Waals surface area contributed by atoms with Gasteiger partial charge in [-0.05, 0) is 133 Å². The molecule has 0 atom stereocenters. The Kier molecular flexibility index (Phi) is 12.4. The van der Waals surface area contributed by atoms with E-state index in [0.29, 0.717) is 0 Å². The van der Waals surface area contributed by atoms with Crippen LogP contribution < -0.4 is 0 Å². The fourth-order valence-corrected chi connectivity index (χ4v) is 1.82. The van der Waals surface area contributed by atoms with Crippen LogP contribution in [0.1, 0.15) is 18.1 Å². The summed E-state index contributed by atoms with van der Waals surface area (Å²) in [6, 6.07) is 4.17. The first-order valence-electron chi connectivity index (χ1n) is 8.97. The second-order valence-corrected chi connectivity index (χ2v) is 5.33.